The van der Waals surface area contributed by atoms with Crippen LogP contribution >= 0.6 is 0 Å². The van der Waals surface area contributed by atoms with Gasteiger partial charge in [0.1, 0.15) is 11.5 Å². The van der Waals surface area contributed by atoms with Gasteiger partial charge in [-0.3, -0.25) is 9.71 Å². The fourth-order valence-corrected chi connectivity index (χ4v) is 4.40. The number of halogens is 2. The van der Waals surface area contributed by atoms with Crippen molar-refractivity contribution in [2.24, 2.45) is 0 Å². The van der Waals surface area contributed by atoms with Crippen molar-refractivity contribution in [2.45, 2.75) is 4.90 Å². The van der Waals surface area contributed by atoms with E-state index in [9.17, 15) is 17.2 Å². The molecule has 11 heteroatoms. The Labute approximate surface area is 200 Å². The predicted octanol–water partition coefficient (Wildman–Crippen LogP) is 5.13. The SMILES string of the molecule is COc1ccc(S(=O)(=O)Nc2ccc(Oc3ccnc4cc(OC)c(OC)cc34)cc2F)cc1F. The second kappa shape index (κ2) is 9.63. The number of nitrogens with zero attached hydrogens (tertiary/aromatic N) is 1. The summed E-state index contributed by atoms with van der Waals surface area (Å²) in [5.74, 6) is -0.430. The zero-order chi connectivity index (χ0) is 25.2. The quantitative estimate of drug-likeness (QED) is 0.357. The van der Waals surface area contributed by atoms with Crippen molar-refractivity contribution in [3.63, 3.8) is 0 Å². The number of ether oxygens (including phenoxy) is 4. The highest BCUT2D eigenvalue weighted by Crippen LogP contribution is 2.37. The first-order valence-corrected chi connectivity index (χ1v) is 11.6. The number of hydrogen-bond donors (Lipinski definition) is 1. The minimum atomic E-state index is -4.26. The Balaban J connectivity index is 1.60. The lowest BCUT2D eigenvalue weighted by atomic mass is 10.2. The molecule has 0 saturated carbocycles. The van der Waals surface area contributed by atoms with Gasteiger partial charge in [-0.25, -0.2) is 17.2 Å². The van der Waals surface area contributed by atoms with Gasteiger partial charge in [0.2, 0.25) is 0 Å². The normalized spacial score (nSPS) is 11.2. The van der Waals surface area contributed by atoms with E-state index < -0.39 is 21.7 Å². The van der Waals surface area contributed by atoms with E-state index >= 15 is 0 Å². The van der Waals surface area contributed by atoms with Crippen molar-refractivity contribution in [3.05, 3.63) is 72.4 Å². The maximum Gasteiger partial charge on any atom is 0.262 e. The van der Waals surface area contributed by atoms with Crippen molar-refractivity contribution in [1.29, 1.82) is 0 Å². The van der Waals surface area contributed by atoms with Crippen LogP contribution in [-0.2, 0) is 10.0 Å². The maximum absolute atomic E-state index is 14.8. The lowest BCUT2D eigenvalue weighted by molar-refractivity contribution is 0.355. The number of benzene rings is 3. The summed E-state index contributed by atoms with van der Waals surface area (Å²) in [5, 5.41) is 0.594. The van der Waals surface area contributed by atoms with E-state index in [1.54, 1.807) is 18.2 Å². The molecule has 35 heavy (non-hydrogen) atoms. The van der Waals surface area contributed by atoms with Crippen molar-refractivity contribution in [3.8, 4) is 28.7 Å². The second-order valence-electron chi connectivity index (χ2n) is 7.18. The Morgan fingerprint density at radius 2 is 1.49 bits per heavy atom. The van der Waals surface area contributed by atoms with E-state index in [0.717, 1.165) is 18.2 Å². The molecule has 0 radical (unpaired) electrons. The highest BCUT2D eigenvalue weighted by Gasteiger charge is 2.19. The van der Waals surface area contributed by atoms with Crippen LogP contribution in [0.3, 0.4) is 0 Å². The molecule has 182 valence electrons. The monoisotopic (exact) mass is 502 g/mol. The molecule has 0 amide bonds. The molecule has 0 aliphatic carbocycles. The number of fused-ring (bicyclic) bond motifs is 1. The largest absolute Gasteiger partial charge is 0.494 e. The van der Waals surface area contributed by atoms with E-state index in [0.29, 0.717) is 28.2 Å². The van der Waals surface area contributed by atoms with Crippen LogP contribution in [-0.4, -0.2) is 34.7 Å². The second-order valence-corrected chi connectivity index (χ2v) is 8.86. The van der Waals surface area contributed by atoms with Gasteiger partial charge in [-0.2, -0.15) is 0 Å². The molecule has 0 bridgehead atoms. The Morgan fingerprint density at radius 3 is 2.14 bits per heavy atom. The molecule has 0 atom stereocenters. The third-order valence-corrected chi connectivity index (χ3v) is 6.42. The zero-order valence-corrected chi connectivity index (χ0v) is 19.7. The van der Waals surface area contributed by atoms with Crippen LogP contribution in [0.25, 0.3) is 10.9 Å². The smallest absolute Gasteiger partial charge is 0.262 e. The lowest BCUT2D eigenvalue weighted by Gasteiger charge is -2.13. The minimum Gasteiger partial charge on any atom is -0.494 e. The molecule has 4 aromatic rings. The molecule has 0 saturated heterocycles. The molecule has 4 rings (SSSR count). The zero-order valence-electron chi connectivity index (χ0n) is 18.8. The molecule has 1 aromatic heterocycles. The van der Waals surface area contributed by atoms with Crippen molar-refractivity contribution in [2.75, 3.05) is 26.1 Å². The van der Waals surface area contributed by atoms with Crippen LogP contribution in [0, 0.1) is 11.6 Å². The number of hydrogen-bond acceptors (Lipinski definition) is 7. The van der Waals surface area contributed by atoms with Gasteiger partial charge >= 0.3 is 0 Å². The number of methoxy groups -OCH3 is 3. The Kier molecular flexibility index (Phi) is 6.61. The standard InChI is InChI=1S/C24H20F2N2O6S/c1-31-22-7-5-15(11-18(22)26)35(29,30)28-19-6-4-14(10-17(19)25)34-21-8-9-27-20-13-24(33-3)23(32-2)12-16(20)21/h4-13,28H,1-3H3. The van der Waals surface area contributed by atoms with Crippen LogP contribution < -0.4 is 23.7 Å². The summed E-state index contributed by atoms with van der Waals surface area (Å²) in [6, 6.07) is 11.7. The van der Waals surface area contributed by atoms with Crippen molar-refractivity contribution < 1.29 is 36.1 Å². The van der Waals surface area contributed by atoms with Gasteiger partial charge in [0.15, 0.2) is 28.9 Å². The summed E-state index contributed by atoms with van der Waals surface area (Å²) in [4.78, 5) is 3.90. The first kappa shape index (κ1) is 24.0. The third-order valence-electron chi connectivity index (χ3n) is 5.05. The molecule has 0 aliphatic rings. The molecule has 1 heterocycles. The summed E-state index contributed by atoms with van der Waals surface area (Å²) in [7, 11) is 0.00109. The Hall–Kier alpha value is -4.12. The summed E-state index contributed by atoms with van der Waals surface area (Å²) in [5.41, 5.74) is 0.233. The Morgan fingerprint density at radius 1 is 0.771 bits per heavy atom. The topological polar surface area (TPSA) is 96.0 Å². The van der Waals surface area contributed by atoms with Gasteiger partial charge < -0.3 is 18.9 Å². The third kappa shape index (κ3) is 4.90. The van der Waals surface area contributed by atoms with Crippen molar-refractivity contribution in [1.82, 2.24) is 4.98 Å². The maximum atomic E-state index is 14.8. The first-order valence-electron chi connectivity index (χ1n) is 10.1. The number of aromatic nitrogens is 1. The highest BCUT2D eigenvalue weighted by atomic mass is 32.2. The fourth-order valence-electron chi connectivity index (χ4n) is 3.32. The first-order chi connectivity index (χ1) is 16.7. The number of nitrogens with one attached hydrogen (secondary N) is 1. The van der Waals surface area contributed by atoms with Crippen LogP contribution in [0.15, 0.2) is 65.7 Å². The fraction of sp³-hybridized carbons (Fsp3) is 0.125. The van der Waals surface area contributed by atoms with Gasteiger partial charge in [0, 0.05) is 23.7 Å². The predicted molar refractivity (Wildman–Crippen MR) is 125 cm³/mol. The minimum absolute atomic E-state index is 0.114. The molecule has 1 N–H and O–H groups in total. The van der Waals surface area contributed by atoms with E-state index in [1.165, 1.54) is 45.7 Å². The highest BCUT2D eigenvalue weighted by molar-refractivity contribution is 7.92. The van der Waals surface area contributed by atoms with E-state index in [1.807, 2.05) is 0 Å². The van der Waals surface area contributed by atoms with Gasteiger partial charge in [-0.05, 0) is 42.5 Å². The molecular formula is C24H20F2N2O6S. The molecule has 8 nitrogen and oxygen atoms in total. The van der Waals surface area contributed by atoms with E-state index in [2.05, 4.69) is 9.71 Å². The molecule has 0 unspecified atom stereocenters. The van der Waals surface area contributed by atoms with Crippen LogP contribution in [0.5, 0.6) is 28.7 Å². The average molecular weight is 502 g/mol. The molecule has 3 aromatic carbocycles. The van der Waals surface area contributed by atoms with E-state index in [-0.39, 0.29) is 22.1 Å². The van der Waals surface area contributed by atoms with Gasteiger partial charge in [-0.1, -0.05) is 0 Å². The molecule has 0 fully saturated rings. The number of rotatable bonds is 8. The Bertz CT molecular complexity index is 1510. The number of anilines is 1. The van der Waals surface area contributed by atoms with Crippen LogP contribution in [0.2, 0.25) is 0 Å². The number of pyridine rings is 1. The summed E-state index contributed by atoms with van der Waals surface area (Å²) in [6.45, 7) is 0. The van der Waals surface area contributed by atoms with E-state index in [4.69, 9.17) is 18.9 Å². The van der Waals surface area contributed by atoms with Crippen LogP contribution in [0.4, 0.5) is 14.5 Å². The van der Waals surface area contributed by atoms with Gasteiger partial charge in [0.25, 0.3) is 10.0 Å². The molecular weight excluding hydrogens is 482 g/mol. The van der Waals surface area contributed by atoms with Crippen molar-refractivity contribution >= 4 is 26.6 Å². The number of sulfonamides is 1. The van der Waals surface area contributed by atoms with Gasteiger partial charge in [0.05, 0.1) is 37.4 Å². The lowest BCUT2D eigenvalue weighted by Crippen LogP contribution is -2.14. The summed E-state index contributed by atoms with van der Waals surface area (Å²) < 4.78 is 77.2. The summed E-state index contributed by atoms with van der Waals surface area (Å²) in [6.07, 6.45) is 1.52. The summed E-state index contributed by atoms with van der Waals surface area (Å²) >= 11 is 0. The van der Waals surface area contributed by atoms with Crippen LogP contribution in [0.1, 0.15) is 0 Å². The average Bonchev–Trinajstić information content (AvgIpc) is 2.85. The molecule has 0 spiro atoms. The molecule has 0 aliphatic heterocycles. The van der Waals surface area contributed by atoms with Gasteiger partial charge in [-0.15, -0.1) is 0 Å².